The Balaban J connectivity index is 0.00000144. The highest BCUT2D eigenvalue weighted by Gasteiger charge is 2.31. The minimum atomic E-state index is -0.624. The van der Waals surface area contributed by atoms with Crippen LogP contribution in [-0.4, -0.2) is 11.2 Å². The van der Waals surface area contributed by atoms with Gasteiger partial charge < -0.3 is 10.8 Å². The summed E-state index contributed by atoms with van der Waals surface area (Å²) in [5, 5.41) is 10.0. The monoisotopic (exact) mass is 371 g/mol. The fraction of sp³-hybridized carbons (Fsp3) is 0.500. The van der Waals surface area contributed by atoms with Crippen molar-refractivity contribution in [2.24, 2.45) is 11.7 Å². The van der Waals surface area contributed by atoms with Gasteiger partial charge in [0.25, 0.3) is 0 Å². The molecule has 1 saturated carbocycles. The van der Waals surface area contributed by atoms with E-state index in [1.54, 1.807) is 12.1 Å². The van der Waals surface area contributed by atoms with E-state index in [1.807, 2.05) is 0 Å². The molecule has 0 bridgehead atoms. The summed E-state index contributed by atoms with van der Waals surface area (Å²) in [6.45, 7) is 0. The molecule has 1 aliphatic rings. The van der Waals surface area contributed by atoms with Gasteiger partial charge in [-0.3, -0.25) is 0 Å². The number of benzene rings is 1. The SMILES string of the molecule is Cl.N[C@@H](c1cc(I)ccc1F)[C@H](O)C1CCC1. The van der Waals surface area contributed by atoms with Gasteiger partial charge in [-0.1, -0.05) is 6.42 Å². The van der Waals surface area contributed by atoms with Crippen LogP contribution in [-0.2, 0) is 0 Å². The summed E-state index contributed by atoms with van der Waals surface area (Å²) in [7, 11) is 0. The van der Waals surface area contributed by atoms with E-state index in [0.717, 1.165) is 22.8 Å². The Labute approximate surface area is 120 Å². The number of aliphatic hydroxyl groups excluding tert-OH is 1. The Hall–Kier alpha value is 0.0900. The second kappa shape index (κ2) is 6.31. The van der Waals surface area contributed by atoms with E-state index in [4.69, 9.17) is 5.73 Å². The van der Waals surface area contributed by atoms with Crippen LogP contribution in [0.25, 0.3) is 0 Å². The van der Waals surface area contributed by atoms with Gasteiger partial charge in [-0.25, -0.2) is 4.39 Å². The molecule has 1 aliphatic carbocycles. The number of hydrogen-bond donors (Lipinski definition) is 2. The van der Waals surface area contributed by atoms with Crippen LogP contribution in [0.4, 0.5) is 4.39 Å². The zero-order chi connectivity index (χ0) is 11.7. The summed E-state index contributed by atoms with van der Waals surface area (Å²) >= 11 is 2.12. The maximum atomic E-state index is 13.6. The zero-order valence-electron chi connectivity index (χ0n) is 9.27. The fourth-order valence-electron chi connectivity index (χ4n) is 2.03. The molecule has 1 fully saturated rings. The second-order valence-electron chi connectivity index (χ2n) is 4.37. The standard InChI is InChI=1S/C12H15FINO.ClH/c13-10-5-4-8(14)6-9(10)11(15)12(16)7-2-1-3-7;/h4-7,11-12,16H,1-3,15H2;1H/t11-,12+;/m0./s1. The molecule has 17 heavy (non-hydrogen) atoms. The van der Waals surface area contributed by atoms with Gasteiger partial charge in [-0.05, 0) is 59.5 Å². The summed E-state index contributed by atoms with van der Waals surface area (Å²) in [6, 6.07) is 4.20. The lowest BCUT2D eigenvalue weighted by Gasteiger charge is -2.33. The van der Waals surface area contributed by atoms with Crippen LogP contribution in [0.5, 0.6) is 0 Å². The van der Waals surface area contributed by atoms with E-state index < -0.39 is 12.1 Å². The highest BCUT2D eigenvalue weighted by molar-refractivity contribution is 14.1. The van der Waals surface area contributed by atoms with E-state index in [0.29, 0.717) is 5.56 Å². The van der Waals surface area contributed by atoms with Crippen molar-refractivity contribution in [2.75, 3.05) is 0 Å². The van der Waals surface area contributed by atoms with Crippen molar-refractivity contribution in [2.45, 2.75) is 31.4 Å². The van der Waals surface area contributed by atoms with Gasteiger partial charge in [0.2, 0.25) is 0 Å². The summed E-state index contributed by atoms with van der Waals surface area (Å²) in [5.74, 6) is -0.0847. The third kappa shape index (κ3) is 3.30. The molecule has 5 heteroatoms. The first kappa shape index (κ1) is 15.1. The average molecular weight is 372 g/mol. The first-order valence-corrected chi connectivity index (χ1v) is 6.56. The van der Waals surface area contributed by atoms with Crippen molar-refractivity contribution < 1.29 is 9.50 Å². The molecule has 2 atom stereocenters. The van der Waals surface area contributed by atoms with E-state index in [1.165, 1.54) is 6.07 Å². The third-order valence-corrected chi connectivity index (χ3v) is 3.99. The molecule has 0 spiro atoms. The molecular formula is C12H16ClFINO. The molecule has 0 radical (unpaired) electrons. The molecular weight excluding hydrogens is 355 g/mol. The molecule has 3 N–H and O–H groups in total. The van der Waals surface area contributed by atoms with Crippen LogP contribution in [0.3, 0.4) is 0 Å². The summed E-state index contributed by atoms with van der Waals surface area (Å²) < 4.78 is 14.5. The lowest BCUT2D eigenvalue weighted by molar-refractivity contribution is 0.0404. The molecule has 2 nitrogen and oxygen atoms in total. The predicted molar refractivity (Wildman–Crippen MR) is 76.6 cm³/mol. The highest BCUT2D eigenvalue weighted by atomic mass is 127. The maximum absolute atomic E-state index is 13.6. The lowest BCUT2D eigenvalue weighted by Crippen LogP contribution is -2.36. The van der Waals surface area contributed by atoms with Crippen molar-refractivity contribution in [3.8, 4) is 0 Å². The molecule has 0 saturated heterocycles. The summed E-state index contributed by atoms with van der Waals surface area (Å²) in [5.41, 5.74) is 6.35. The van der Waals surface area contributed by atoms with E-state index in [9.17, 15) is 9.50 Å². The Morgan fingerprint density at radius 3 is 2.59 bits per heavy atom. The van der Waals surface area contributed by atoms with Crippen molar-refractivity contribution in [1.29, 1.82) is 0 Å². The lowest BCUT2D eigenvalue weighted by atomic mass is 9.77. The Kier molecular flexibility index (Phi) is 5.63. The zero-order valence-corrected chi connectivity index (χ0v) is 12.2. The van der Waals surface area contributed by atoms with E-state index in [2.05, 4.69) is 22.6 Å². The quantitative estimate of drug-likeness (QED) is 0.802. The number of hydrogen-bond acceptors (Lipinski definition) is 2. The van der Waals surface area contributed by atoms with Gasteiger partial charge in [-0.2, -0.15) is 0 Å². The van der Waals surface area contributed by atoms with Gasteiger partial charge in [-0.15, -0.1) is 12.4 Å². The molecule has 1 aromatic carbocycles. The maximum Gasteiger partial charge on any atom is 0.128 e. The topological polar surface area (TPSA) is 46.2 Å². The first-order valence-electron chi connectivity index (χ1n) is 5.48. The molecule has 0 amide bonds. The van der Waals surface area contributed by atoms with Gasteiger partial charge >= 0.3 is 0 Å². The van der Waals surface area contributed by atoms with Gasteiger partial charge in [0.05, 0.1) is 12.1 Å². The summed E-state index contributed by atoms with van der Waals surface area (Å²) in [4.78, 5) is 0. The number of halogens is 3. The van der Waals surface area contributed by atoms with Crippen LogP contribution in [0.2, 0.25) is 0 Å². The number of rotatable bonds is 3. The fourth-order valence-corrected chi connectivity index (χ4v) is 2.54. The second-order valence-corrected chi connectivity index (χ2v) is 5.62. The molecule has 0 aliphatic heterocycles. The Bertz CT molecular complexity index is 387. The molecule has 0 heterocycles. The minimum Gasteiger partial charge on any atom is -0.391 e. The average Bonchev–Trinajstić information content (AvgIpc) is 2.18. The molecule has 1 aromatic rings. The van der Waals surface area contributed by atoms with Crippen molar-refractivity contribution in [1.82, 2.24) is 0 Å². The van der Waals surface area contributed by atoms with Gasteiger partial charge in [0.1, 0.15) is 5.82 Å². The van der Waals surface area contributed by atoms with Gasteiger partial charge in [0, 0.05) is 9.13 Å². The van der Waals surface area contributed by atoms with Crippen molar-refractivity contribution in [3.63, 3.8) is 0 Å². The largest absolute Gasteiger partial charge is 0.391 e. The smallest absolute Gasteiger partial charge is 0.128 e. The first-order chi connectivity index (χ1) is 7.59. The van der Waals surface area contributed by atoms with Crippen LogP contribution >= 0.6 is 35.0 Å². The molecule has 2 rings (SSSR count). The van der Waals surface area contributed by atoms with Gasteiger partial charge in [0.15, 0.2) is 0 Å². The predicted octanol–water partition coefficient (Wildman–Crippen LogP) is 3.01. The van der Waals surface area contributed by atoms with Crippen molar-refractivity contribution in [3.05, 3.63) is 33.1 Å². The van der Waals surface area contributed by atoms with Crippen molar-refractivity contribution >= 4 is 35.0 Å². The van der Waals surface area contributed by atoms with Crippen LogP contribution in [0.1, 0.15) is 30.9 Å². The van der Waals surface area contributed by atoms with E-state index >= 15 is 0 Å². The normalized spacial score (nSPS) is 19.1. The molecule has 0 aromatic heterocycles. The molecule has 96 valence electrons. The third-order valence-electron chi connectivity index (χ3n) is 3.32. The van der Waals surface area contributed by atoms with Crippen LogP contribution in [0, 0.1) is 15.3 Å². The number of aliphatic hydroxyl groups is 1. The minimum absolute atomic E-state index is 0. The van der Waals surface area contributed by atoms with Crippen LogP contribution in [0.15, 0.2) is 18.2 Å². The highest BCUT2D eigenvalue weighted by Crippen LogP contribution is 2.35. The molecule has 0 unspecified atom stereocenters. The van der Waals surface area contributed by atoms with Crippen LogP contribution < -0.4 is 5.73 Å². The Morgan fingerprint density at radius 2 is 2.06 bits per heavy atom. The summed E-state index contributed by atoms with van der Waals surface area (Å²) in [6.07, 6.45) is 2.52. The number of nitrogens with two attached hydrogens (primary N) is 1. The van der Waals surface area contributed by atoms with E-state index in [-0.39, 0.29) is 24.1 Å². The Morgan fingerprint density at radius 1 is 1.41 bits per heavy atom.